The summed E-state index contributed by atoms with van der Waals surface area (Å²) in [5.74, 6) is -0.108. The first-order valence-corrected chi connectivity index (χ1v) is 13.4. The summed E-state index contributed by atoms with van der Waals surface area (Å²) in [5, 5.41) is 1.17. The van der Waals surface area contributed by atoms with Gasteiger partial charge in [0.05, 0.1) is 17.0 Å². The van der Waals surface area contributed by atoms with Crippen molar-refractivity contribution in [3.8, 4) is 0 Å². The second-order valence-corrected chi connectivity index (χ2v) is 11.4. The molecule has 0 spiro atoms. The van der Waals surface area contributed by atoms with Gasteiger partial charge in [0, 0.05) is 50.3 Å². The highest BCUT2D eigenvalue weighted by Gasteiger charge is 2.35. The molecule has 0 saturated carbocycles. The number of aryl methyl sites for hydroxylation is 2. The van der Waals surface area contributed by atoms with Crippen molar-refractivity contribution in [3.05, 3.63) is 35.0 Å². The molecule has 1 aliphatic carbocycles. The molecule has 5 rings (SSSR count). The van der Waals surface area contributed by atoms with Crippen LogP contribution in [0.1, 0.15) is 68.1 Å². The largest absolute Gasteiger partial charge is 0.444 e. The molecule has 1 N–H and O–H groups in total. The van der Waals surface area contributed by atoms with Crippen molar-refractivity contribution in [2.75, 3.05) is 39.3 Å². The van der Waals surface area contributed by atoms with E-state index in [0.717, 1.165) is 31.2 Å². The topological polar surface area (TPSA) is 85.9 Å². The number of benzene rings is 1. The van der Waals surface area contributed by atoms with E-state index in [0.29, 0.717) is 44.8 Å². The highest BCUT2D eigenvalue weighted by molar-refractivity contribution is 6.07. The number of nitrogens with zero attached hydrogens (tertiary/aromatic N) is 3. The third-order valence-electron chi connectivity index (χ3n) is 7.66. The molecule has 1 aromatic carbocycles. The molecule has 2 aliphatic heterocycles. The molecule has 8 heteroatoms. The highest BCUT2D eigenvalue weighted by atomic mass is 16.6. The fraction of sp³-hybridized carbons (Fsp3) is 0.607. The Morgan fingerprint density at radius 1 is 0.917 bits per heavy atom. The average molecular weight is 495 g/mol. The summed E-state index contributed by atoms with van der Waals surface area (Å²) in [4.78, 5) is 48.3. The summed E-state index contributed by atoms with van der Waals surface area (Å²) in [5.41, 5.74) is 3.75. The Bertz CT molecular complexity index is 1160. The normalized spacial score (nSPS) is 20.9. The van der Waals surface area contributed by atoms with Crippen LogP contribution in [0, 0.1) is 5.92 Å². The Kier molecular flexibility index (Phi) is 6.70. The molecular formula is C28H38N4O4. The average Bonchev–Trinajstić information content (AvgIpc) is 3.26. The molecular weight excluding hydrogens is 456 g/mol. The summed E-state index contributed by atoms with van der Waals surface area (Å²) in [6.07, 6.45) is 5.76. The number of rotatable bonds is 2. The number of aromatic amines is 1. The Balaban J connectivity index is 1.23. The molecule has 1 unspecified atom stereocenters. The molecule has 194 valence electrons. The van der Waals surface area contributed by atoms with E-state index in [1.54, 1.807) is 4.90 Å². The van der Waals surface area contributed by atoms with Crippen molar-refractivity contribution < 1.29 is 19.1 Å². The van der Waals surface area contributed by atoms with E-state index in [1.807, 2.05) is 42.7 Å². The fourth-order valence-electron chi connectivity index (χ4n) is 5.84. The maximum atomic E-state index is 13.6. The number of piperazine rings is 1. The van der Waals surface area contributed by atoms with Crippen molar-refractivity contribution in [2.24, 2.45) is 5.92 Å². The molecule has 36 heavy (non-hydrogen) atoms. The van der Waals surface area contributed by atoms with E-state index >= 15 is 0 Å². The van der Waals surface area contributed by atoms with Crippen molar-refractivity contribution in [3.63, 3.8) is 0 Å². The first-order valence-electron chi connectivity index (χ1n) is 13.4. The lowest BCUT2D eigenvalue weighted by Gasteiger charge is -2.39. The SMILES string of the molecule is CC(C)(C)OC(=O)N1CCN(C(=O)C2CCCN(C(=O)c3cccc4c5c([nH]c34)CCCC5)C2)CC1. The third kappa shape index (κ3) is 4.95. The molecule has 3 aliphatic rings. The van der Waals surface area contributed by atoms with Gasteiger partial charge in [-0.25, -0.2) is 4.79 Å². The molecule has 2 saturated heterocycles. The van der Waals surface area contributed by atoms with Gasteiger partial charge in [-0.2, -0.15) is 0 Å². The van der Waals surface area contributed by atoms with Crippen LogP contribution in [-0.2, 0) is 22.4 Å². The lowest BCUT2D eigenvalue weighted by Crippen LogP contribution is -2.54. The third-order valence-corrected chi connectivity index (χ3v) is 7.66. The quantitative estimate of drug-likeness (QED) is 0.684. The molecule has 2 fully saturated rings. The van der Waals surface area contributed by atoms with Crippen LogP contribution in [0.3, 0.4) is 0 Å². The fourth-order valence-corrected chi connectivity index (χ4v) is 5.84. The van der Waals surface area contributed by atoms with Crippen molar-refractivity contribution in [2.45, 2.75) is 64.9 Å². The standard InChI is InChI=1S/C28H38N4O4/c1-28(2,3)36-27(35)31-16-14-30(15-17-31)25(33)19-8-7-13-32(18-19)26(34)22-11-6-10-21-20-9-4-5-12-23(20)29-24(21)22/h6,10-11,19,29H,4-5,7-9,12-18H2,1-3H3. The van der Waals surface area contributed by atoms with Gasteiger partial charge in [-0.3, -0.25) is 9.59 Å². The van der Waals surface area contributed by atoms with Gasteiger partial charge in [0.25, 0.3) is 5.91 Å². The molecule has 1 atom stereocenters. The summed E-state index contributed by atoms with van der Waals surface area (Å²) >= 11 is 0. The van der Waals surface area contributed by atoms with Crippen LogP contribution in [-0.4, -0.2) is 82.5 Å². The van der Waals surface area contributed by atoms with E-state index in [9.17, 15) is 14.4 Å². The van der Waals surface area contributed by atoms with E-state index in [-0.39, 0.29) is 23.8 Å². The van der Waals surface area contributed by atoms with E-state index in [2.05, 4.69) is 11.1 Å². The van der Waals surface area contributed by atoms with E-state index < -0.39 is 5.60 Å². The van der Waals surface area contributed by atoms with Gasteiger partial charge in [0.15, 0.2) is 0 Å². The Morgan fingerprint density at radius 3 is 2.39 bits per heavy atom. The minimum atomic E-state index is -0.536. The predicted octanol–water partition coefficient (Wildman–Crippen LogP) is 3.98. The van der Waals surface area contributed by atoms with Gasteiger partial charge in [-0.15, -0.1) is 0 Å². The van der Waals surface area contributed by atoms with Crippen molar-refractivity contribution in [1.29, 1.82) is 0 Å². The van der Waals surface area contributed by atoms with E-state index in [1.165, 1.54) is 29.5 Å². The molecule has 0 radical (unpaired) electrons. The number of likely N-dealkylation sites (tertiary alicyclic amines) is 1. The van der Waals surface area contributed by atoms with Gasteiger partial charge in [-0.1, -0.05) is 12.1 Å². The number of carbonyl (C=O) groups excluding carboxylic acids is 3. The summed E-state index contributed by atoms with van der Waals surface area (Å²) in [6, 6.07) is 6.01. The maximum absolute atomic E-state index is 13.6. The molecule has 2 aromatic rings. The number of nitrogens with one attached hydrogen (secondary N) is 1. The Labute approximate surface area is 212 Å². The van der Waals surface area contributed by atoms with Crippen LogP contribution in [0.25, 0.3) is 10.9 Å². The Hall–Kier alpha value is -3.03. The monoisotopic (exact) mass is 494 g/mol. The molecule has 8 nitrogen and oxygen atoms in total. The highest BCUT2D eigenvalue weighted by Crippen LogP contribution is 2.32. The second kappa shape index (κ2) is 9.79. The van der Waals surface area contributed by atoms with E-state index in [4.69, 9.17) is 4.74 Å². The van der Waals surface area contributed by atoms with Crippen LogP contribution in [0.15, 0.2) is 18.2 Å². The molecule has 0 bridgehead atoms. The number of hydrogen-bond acceptors (Lipinski definition) is 4. The number of piperidine rings is 1. The van der Waals surface area contributed by atoms with Gasteiger partial charge >= 0.3 is 6.09 Å². The van der Waals surface area contributed by atoms with Crippen LogP contribution in [0.4, 0.5) is 4.79 Å². The zero-order valence-electron chi connectivity index (χ0n) is 21.8. The molecule has 1 aromatic heterocycles. The Morgan fingerprint density at radius 2 is 1.64 bits per heavy atom. The number of amides is 3. The predicted molar refractivity (Wildman–Crippen MR) is 138 cm³/mol. The zero-order valence-corrected chi connectivity index (χ0v) is 21.8. The molecule has 3 heterocycles. The number of H-pyrrole nitrogens is 1. The summed E-state index contributed by atoms with van der Waals surface area (Å²) in [6.45, 7) is 8.60. The molecule has 3 amide bonds. The van der Waals surface area contributed by atoms with Crippen LogP contribution >= 0.6 is 0 Å². The number of carbonyl (C=O) groups is 3. The number of ether oxygens (including phenoxy) is 1. The number of para-hydroxylation sites is 1. The summed E-state index contributed by atoms with van der Waals surface area (Å²) < 4.78 is 5.47. The first kappa shape index (κ1) is 24.7. The lowest BCUT2D eigenvalue weighted by atomic mass is 9.94. The van der Waals surface area contributed by atoms with Gasteiger partial charge < -0.3 is 24.4 Å². The minimum Gasteiger partial charge on any atom is -0.444 e. The lowest BCUT2D eigenvalue weighted by molar-refractivity contribution is -0.138. The minimum absolute atomic E-state index is 0.00596. The summed E-state index contributed by atoms with van der Waals surface area (Å²) in [7, 11) is 0. The zero-order chi connectivity index (χ0) is 25.4. The van der Waals surface area contributed by atoms with Crippen LogP contribution in [0.5, 0.6) is 0 Å². The number of hydrogen-bond donors (Lipinski definition) is 1. The van der Waals surface area contributed by atoms with Crippen LogP contribution < -0.4 is 0 Å². The van der Waals surface area contributed by atoms with Crippen molar-refractivity contribution >= 4 is 28.8 Å². The number of aromatic nitrogens is 1. The first-order chi connectivity index (χ1) is 17.2. The van der Waals surface area contributed by atoms with Crippen LogP contribution in [0.2, 0.25) is 0 Å². The smallest absolute Gasteiger partial charge is 0.410 e. The van der Waals surface area contributed by atoms with Crippen molar-refractivity contribution in [1.82, 2.24) is 19.7 Å². The van der Waals surface area contributed by atoms with Gasteiger partial charge in [-0.05, 0) is 70.9 Å². The number of fused-ring (bicyclic) bond motifs is 3. The van der Waals surface area contributed by atoms with Gasteiger partial charge in [0.1, 0.15) is 5.60 Å². The second-order valence-electron chi connectivity index (χ2n) is 11.4. The van der Waals surface area contributed by atoms with Gasteiger partial charge in [0.2, 0.25) is 5.91 Å². The maximum Gasteiger partial charge on any atom is 0.410 e.